The average Bonchev–Trinajstić information content (AvgIpc) is 3.01. The van der Waals surface area contributed by atoms with Crippen LogP contribution in [0.25, 0.3) is 0 Å². The van der Waals surface area contributed by atoms with Gasteiger partial charge in [-0.25, -0.2) is 0 Å². The van der Waals surface area contributed by atoms with Crippen LogP contribution < -0.4 is 0 Å². The molecule has 0 amide bonds. The fraction of sp³-hybridized carbons (Fsp3) is 0.958. The molecule has 0 aromatic heterocycles. The van der Waals surface area contributed by atoms with Crippen LogP contribution in [0.1, 0.15) is 91.4 Å². The largest absolute Gasteiger partial charge is 0.481 e. The van der Waals surface area contributed by atoms with Gasteiger partial charge in [-0.3, -0.25) is 4.79 Å². The van der Waals surface area contributed by atoms with Gasteiger partial charge in [-0.05, 0) is 104 Å². The van der Waals surface area contributed by atoms with Crippen LogP contribution in [0.15, 0.2) is 0 Å². The van der Waals surface area contributed by atoms with E-state index >= 15 is 0 Å². The zero-order chi connectivity index (χ0) is 19.4. The van der Waals surface area contributed by atoms with E-state index in [0.717, 1.165) is 37.0 Å². The molecule has 0 radical (unpaired) electrons. The summed E-state index contributed by atoms with van der Waals surface area (Å²) in [4.78, 5) is 11.2. The van der Waals surface area contributed by atoms with Crippen LogP contribution >= 0.6 is 0 Å². The molecule has 4 rings (SSSR count). The highest BCUT2D eigenvalue weighted by molar-refractivity contribution is 5.66. The highest BCUT2D eigenvalue weighted by Crippen LogP contribution is 2.68. The van der Waals surface area contributed by atoms with Crippen LogP contribution in [0, 0.1) is 46.3 Å². The van der Waals surface area contributed by atoms with Crippen LogP contribution in [0.3, 0.4) is 0 Å². The number of rotatable bonds is 4. The van der Waals surface area contributed by atoms with Crippen molar-refractivity contribution in [3.8, 4) is 0 Å². The molecule has 0 aromatic carbocycles. The Labute approximate surface area is 165 Å². The molecule has 0 aromatic rings. The molecule has 9 unspecified atom stereocenters. The normalized spacial score (nSPS) is 50.4. The van der Waals surface area contributed by atoms with Crippen molar-refractivity contribution in [1.29, 1.82) is 0 Å². The second-order valence-electron chi connectivity index (χ2n) is 11.3. The number of carboxylic acids is 1. The van der Waals surface area contributed by atoms with Crippen molar-refractivity contribution in [2.75, 3.05) is 0 Å². The molecule has 0 bridgehead atoms. The number of aliphatic hydroxyl groups excluding tert-OH is 1. The summed E-state index contributed by atoms with van der Waals surface area (Å²) in [5.74, 6) is 3.54. The first kappa shape index (κ1) is 19.7. The van der Waals surface area contributed by atoms with E-state index in [1.807, 2.05) is 0 Å². The predicted molar refractivity (Wildman–Crippen MR) is 107 cm³/mol. The maximum absolute atomic E-state index is 11.2. The fourth-order valence-corrected chi connectivity index (χ4v) is 8.46. The van der Waals surface area contributed by atoms with Crippen molar-refractivity contribution >= 4 is 5.97 Å². The summed E-state index contributed by atoms with van der Waals surface area (Å²) in [6.07, 6.45) is 12.3. The third-order valence-electron chi connectivity index (χ3n) is 10.1. The van der Waals surface area contributed by atoms with E-state index < -0.39 is 5.97 Å². The Morgan fingerprint density at radius 2 is 1.85 bits per heavy atom. The zero-order valence-corrected chi connectivity index (χ0v) is 17.6. The molecule has 4 fully saturated rings. The first-order chi connectivity index (χ1) is 12.7. The second-order valence-corrected chi connectivity index (χ2v) is 11.3. The smallest absolute Gasteiger partial charge is 0.303 e. The number of aliphatic hydroxyl groups is 1. The molecule has 2 N–H and O–H groups in total. The minimum Gasteiger partial charge on any atom is -0.481 e. The van der Waals surface area contributed by atoms with Gasteiger partial charge >= 0.3 is 5.97 Å². The third-order valence-corrected chi connectivity index (χ3v) is 10.1. The van der Waals surface area contributed by atoms with Gasteiger partial charge < -0.3 is 10.2 Å². The molecule has 4 saturated carbocycles. The quantitative estimate of drug-likeness (QED) is 0.680. The number of aliphatic carboxylic acids is 1. The Bertz CT molecular complexity index is 574. The van der Waals surface area contributed by atoms with Crippen LogP contribution in [0.2, 0.25) is 0 Å². The summed E-state index contributed by atoms with van der Waals surface area (Å²) in [7, 11) is 0. The summed E-state index contributed by atoms with van der Waals surface area (Å²) in [6, 6.07) is 0. The molecular weight excluding hydrogens is 336 g/mol. The maximum atomic E-state index is 11.2. The van der Waals surface area contributed by atoms with Gasteiger partial charge in [-0.15, -0.1) is 0 Å². The summed E-state index contributed by atoms with van der Waals surface area (Å²) < 4.78 is 0. The number of carboxylic acid groups (broad SMARTS) is 1. The van der Waals surface area contributed by atoms with Crippen molar-refractivity contribution in [3.63, 3.8) is 0 Å². The van der Waals surface area contributed by atoms with Crippen LogP contribution in [0.5, 0.6) is 0 Å². The topological polar surface area (TPSA) is 57.5 Å². The first-order valence-electron chi connectivity index (χ1n) is 11.6. The molecule has 3 heteroatoms. The van der Waals surface area contributed by atoms with Crippen molar-refractivity contribution in [2.24, 2.45) is 46.3 Å². The van der Waals surface area contributed by atoms with Gasteiger partial charge in [0.05, 0.1) is 6.10 Å². The van der Waals surface area contributed by atoms with Gasteiger partial charge in [-0.1, -0.05) is 27.2 Å². The Morgan fingerprint density at radius 3 is 2.59 bits per heavy atom. The Hall–Kier alpha value is -0.570. The molecule has 154 valence electrons. The summed E-state index contributed by atoms with van der Waals surface area (Å²) in [5.41, 5.74) is 0.931. The predicted octanol–water partition coefficient (Wildman–Crippen LogP) is 5.51. The molecule has 0 heterocycles. The first-order valence-corrected chi connectivity index (χ1v) is 11.6. The van der Waals surface area contributed by atoms with E-state index in [9.17, 15) is 15.0 Å². The van der Waals surface area contributed by atoms with Crippen molar-refractivity contribution in [3.05, 3.63) is 0 Å². The van der Waals surface area contributed by atoms with Crippen LogP contribution in [0.4, 0.5) is 0 Å². The van der Waals surface area contributed by atoms with Gasteiger partial charge in [-0.2, -0.15) is 0 Å². The van der Waals surface area contributed by atoms with Gasteiger partial charge in [0.1, 0.15) is 0 Å². The molecular formula is C24H40O3. The lowest BCUT2D eigenvalue weighted by molar-refractivity contribution is -0.156. The minimum absolute atomic E-state index is 0.116. The van der Waals surface area contributed by atoms with Gasteiger partial charge in [0.25, 0.3) is 0 Å². The highest BCUT2D eigenvalue weighted by Gasteiger charge is 2.61. The Kier molecular flexibility index (Phi) is 5.15. The van der Waals surface area contributed by atoms with E-state index in [0.29, 0.717) is 35.0 Å². The molecule has 3 nitrogen and oxygen atoms in total. The average molecular weight is 377 g/mol. The van der Waals surface area contributed by atoms with Crippen LogP contribution in [-0.2, 0) is 4.79 Å². The summed E-state index contributed by atoms with van der Waals surface area (Å²) in [6.45, 7) is 7.43. The standard InChI is InChI=1S/C24H40O3/c1-15(6-7-21(26)27)18-14-16-13-17(25)8-12-24(16,3)20-9-11-23(2)10-4-5-19(23)22(18)20/h15-20,22,25H,4-14H2,1-3H3,(H,26,27). The van der Waals surface area contributed by atoms with Crippen molar-refractivity contribution in [2.45, 2.75) is 97.5 Å². The fourth-order valence-electron chi connectivity index (χ4n) is 8.46. The highest BCUT2D eigenvalue weighted by atomic mass is 16.4. The van der Waals surface area contributed by atoms with Crippen LogP contribution in [-0.4, -0.2) is 22.3 Å². The lowest BCUT2D eigenvalue weighted by atomic mass is 9.42. The summed E-state index contributed by atoms with van der Waals surface area (Å²) >= 11 is 0. The van der Waals surface area contributed by atoms with Crippen molar-refractivity contribution < 1.29 is 15.0 Å². The van der Waals surface area contributed by atoms with Gasteiger partial charge in [0.2, 0.25) is 0 Å². The number of fused-ring (bicyclic) bond motifs is 5. The zero-order valence-electron chi connectivity index (χ0n) is 17.6. The molecule has 0 aliphatic heterocycles. The maximum Gasteiger partial charge on any atom is 0.303 e. The second kappa shape index (κ2) is 7.04. The number of hydrogen-bond acceptors (Lipinski definition) is 2. The Balaban J connectivity index is 1.65. The van der Waals surface area contributed by atoms with Gasteiger partial charge in [0.15, 0.2) is 0 Å². The lowest BCUT2D eigenvalue weighted by Gasteiger charge is -2.63. The molecule has 0 spiro atoms. The van der Waals surface area contributed by atoms with E-state index in [1.54, 1.807) is 0 Å². The number of hydrogen-bond donors (Lipinski definition) is 2. The van der Waals surface area contributed by atoms with E-state index in [4.69, 9.17) is 0 Å². The monoisotopic (exact) mass is 376 g/mol. The number of carbonyl (C=O) groups is 1. The van der Waals surface area contributed by atoms with Crippen molar-refractivity contribution in [1.82, 2.24) is 0 Å². The summed E-state index contributed by atoms with van der Waals surface area (Å²) in [5, 5.41) is 19.6. The van der Waals surface area contributed by atoms with Gasteiger partial charge in [0, 0.05) is 6.42 Å². The SMILES string of the molecule is CC(CCC(=O)O)C1CC2CC(O)CCC2(C)C2CCC3(C)CCCC3C12. The van der Waals surface area contributed by atoms with E-state index in [1.165, 1.54) is 44.9 Å². The molecule has 4 aliphatic carbocycles. The molecule has 4 aliphatic rings. The van der Waals surface area contributed by atoms with E-state index in [-0.39, 0.29) is 6.10 Å². The van der Waals surface area contributed by atoms with E-state index in [2.05, 4.69) is 20.8 Å². The minimum atomic E-state index is -0.651. The third kappa shape index (κ3) is 3.26. The lowest BCUT2D eigenvalue weighted by Crippen LogP contribution is -2.57. The molecule has 0 saturated heterocycles. The molecule has 9 atom stereocenters. The Morgan fingerprint density at radius 1 is 1.07 bits per heavy atom. The molecule has 27 heavy (non-hydrogen) atoms.